The van der Waals surface area contributed by atoms with E-state index in [2.05, 4.69) is 4.98 Å². The molecule has 0 spiro atoms. The van der Waals surface area contributed by atoms with Gasteiger partial charge in [0, 0.05) is 17.7 Å². The minimum absolute atomic E-state index is 0.511. The molecule has 0 saturated heterocycles. The molecule has 0 saturated carbocycles. The minimum Gasteiger partial charge on any atom is -0.396 e. The molecular weight excluding hydrogens is 204 g/mol. The largest absolute Gasteiger partial charge is 0.396 e. The zero-order valence-corrected chi connectivity index (χ0v) is 9.03. The van der Waals surface area contributed by atoms with Crippen molar-refractivity contribution in [2.45, 2.75) is 5.03 Å². The van der Waals surface area contributed by atoms with Gasteiger partial charge in [0.2, 0.25) is 0 Å². The van der Waals surface area contributed by atoms with E-state index in [9.17, 15) is 4.21 Å². The Bertz CT molecular complexity index is 304. The van der Waals surface area contributed by atoms with Gasteiger partial charge in [-0.1, -0.05) is 0 Å². The van der Waals surface area contributed by atoms with Crippen LogP contribution in [0.1, 0.15) is 0 Å². The molecule has 1 aromatic heterocycles. The minimum atomic E-state index is -1.05. The summed E-state index contributed by atoms with van der Waals surface area (Å²) in [6.45, 7) is 0. The first kappa shape index (κ1) is 10.5. The highest BCUT2D eigenvalue weighted by Crippen LogP contribution is 2.12. The third-order valence-electron chi connectivity index (χ3n) is 1.49. The van der Waals surface area contributed by atoms with Gasteiger partial charge in [0.25, 0.3) is 0 Å². The molecule has 13 heavy (non-hydrogen) atoms. The summed E-state index contributed by atoms with van der Waals surface area (Å²) in [4.78, 5) is 4.00. The van der Waals surface area contributed by atoms with Crippen molar-refractivity contribution in [3.05, 3.63) is 18.3 Å². The maximum atomic E-state index is 11.6. The molecule has 0 aliphatic rings. The Morgan fingerprint density at radius 3 is 3.08 bits per heavy atom. The fourth-order valence-corrected chi connectivity index (χ4v) is 2.82. The summed E-state index contributed by atoms with van der Waals surface area (Å²) < 4.78 is 11.6. The van der Waals surface area contributed by atoms with Crippen LogP contribution in [0.25, 0.3) is 0 Å². The van der Waals surface area contributed by atoms with Crippen LogP contribution in [0.3, 0.4) is 0 Å². The maximum Gasteiger partial charge on any atom is 0.150 e. The zero-order valence-electron chi connectivity index (χ0n) is 7.40. The number of aromatic nitrogens is 1. The number of nitrogens with zero attached hydrogens (tertiary/aromatic N) is 1. The van der Waals surface area contributed by atoms with Gasteiger partial charge in [0.15, 0.2) is 0 Å². The van der Waals surface area contributed by atoms with E-state index in [4.69, 9.17) is 5.73 Å². The van der Waals surface area contributed by atoms with Crippen molar-refractivity contribution in [3.63, 3.8) is 0 Å². The van der Waals surface area contributed by atoms with Crippen molar-refractivity contribution in [1.82, 2.24) is 4.98 Å². The second kappa shape index (κ2) is 5.24. The zero-order chi connectivity index (χ0) is 9.68. The van der Waals surface area contributed by atoms with Crippen molar-refractivity contribution in [1.29, 1.82) is 0 Å². The summed E-state index contributed by atoms with van der Waals surface area (Å²) in [6, 6.07) is 3.46. The Balaban J connectivity index is 2.71. The Labute approximate surface area is 84.6 Å². The maximum absolute atomic E-state index is 11.6. The topological polar surface area (TPSA) is 56.0 Å². The molecule has 0 bridgehead atoms. The van der Waals surface area contributed by atoms with Gasteiger partial charge in [-0.05, 0) is 18.4 Å². The predicted molar refractivity (Wildman–Crippen MR) is 58.3 cm³/mol. The Morgan fingerprint density at radius 1 is 1.69 bits per heavy atom. The molecule has 3 nitrogen and oxygen atoms in total. The molecule has 1 aromatic rings. The van der Waals surface area contributed by atoms with Gasteiger partial charge in [-0.25, -0.2) is 4.98 Å². The first-order valence-electron chi connectivity index (χ1n) is 3.83. The van der Waals surface area contributed by atoms with Gasteiger partial charge < -0.3 is 5.73 Å². The fraction of sp³-hybridized carbons (Fsp3) is 0.375. The molecular formula is C8H12N2OS2. The molecule has 0 aliphatic heterocycles. The van der Waals surface area contributed by atoms with E-state index in [-0.39, 0.29) is 0 Å². The summed E-state index contributed by atoms with van der Waals surface area (Å²) in [5, 5.41) is 0.511. The van der Waals surface area contributed by atoms with E-state index in [0.717, 1.165) is 5.75 Å². The first-order chi connectivity index (χ1) is 6.25. The summed E-state index contributed by atoms with van der Waals surface area (Å²) in [7, 11) is -1.05. The summed E-state index contributed by atoms with van der Waals surface area (Å²) >= 11 is 1.67. The van der Waals surface area contributed by atoms with Crippen molar-refractivity contribution < 1.29 is 4.21 Å². The quantitative estimate of drug-likeness (QED) is 0.820. The smallest absolute Gasteiger partial charge is 0.150 e. The lowest BCUT2D eigenvalue weighted by molar-refractivity contribution is 0.681. The van der Waals surface area contributed by atoms with Crippen LogP contribution in [0.4, 0.5) is 5.69 Å². The SMILES string of the molecule is CSCCS(=O)c1ncccc1N. The van der Waals surface area contributed by atoms with E-state index in [1.54, 1.807) is 30.1 Å². The Morgan fingerprint density at radius 2 is 2.46 bits per heavy atom. The second-order valence-corrected chi connectivity index (χ2v) is 4.91. The molecule has 0 radical (unpaired) electrons. The number of hydrogen-bond acceptors (Lipinski definition) is 4. The van der Waals surface area contributed by atoms with Gasteiger partial charge in [-0.2, -0.15) is 11.8 Å². The molecule has 0 fully saturated rings. The van der Waals surface area contributed by atoms with Crippen LogP contribution >= 0.6 is 11.8 Å². The third kappa shape index (κ3) is 3.00. The molecule has 0 aromatic carbocycles. The first-order valence-corrected chi connectivity index (χ1v) is 6.54. The highest BCUT2D eigenvalue weighted by atomic mass is 32.2. The number of anilines is 1. The number of thioether (sulfide) groups is 1. The highest BCUT2D eigenvalue weighted by molar-refractivity contribution is 7.99. The van der Waals surface area contributed by atoms with Crippen LogP contribution < -0.4 is 5.73 Å². The van der Waals surface area contributed by atoms with Crippen molar-refractivity contribution in [3.8, 4) is 0 Å². The van der Waals surface area contributed by atoms with Crippen LogP contribution in [-0.2, 0) is 10.8 Å². The summed E-state index contributed by atoms with van der Waals surface area (Å²) in [6.07, 6.45) is 3.60. The van der Waals surface area contributed by atoms with Gasteiger partial charge >= 0.3 is 0 Å². The van der Waals surface area contributed by atoms with Crippen LogP contribution in [0.5, 0.6) is 0 Å². The second-order valence-electron chi connectivity index (χ2n) is 2.44. The summed E-state index contributed by atoms with van der Waals surface area (Å²) in [5.74, 6) is 1.48. The lowest BCUT2D eigenvalue weighted by Gasteiger charge is -2.02. The van der Waals surface area contributed by atoms with Crippen molar-refractivity contribution >= 4 is 28.2 Å². The Hall–Kier alpha value is -0.550. The van der Waals surface area contributed by atoms with E-state index in [1.807, 2.05) is 6.26 Å². The van der Waals surface area contributed by atoms with Crippen LogP contribution in [-0.4, -0.2) is 27.0 Å². The predicted octanol–water partition coefficient (Wildman–Crippen LogP) is 1.13. The average Bonchev–Trinajstić information content (AvgIpc) is 2.15. The summed E-state index contributed by atoms with van der Waals surface area (Å²) in [5.41, 5.74) is 6.15. The van der Waals surface area contributed by atoms with Crippen LogP contribution in [0.15, 0.2) is 23.4 Å². The molecule has 72 valence electrons. The number of nitrogens with two attached hydrogens (primary N) is 1. The molecule has 5 heteroatoms. The lowest BCUT2D eigenvalue weighted by Crippen LogP contribution is -2.05. The van der Waals surface area contributed by atoms with Gasteiger partial charge in [-0.15, -0.1) is 0 Å². The normalized spacial score (nSPS) is 12.7. The standard InChI is InChI=1S/C8H12N2OS2/c1-12-5-6-13(11)8-7(9)3-2-4-10-8/h2-4H,5-6,9H2,1H3. The van der Waals surface area contributed by atoms with Gasteiger partial charge in [-0.3, -0.25) is 4.21 Å². The van der Waals surface area contributed by atoms with Crippen LogP contribution in [0, 0.1) is 0 Å². The lowest BCUT2D eigenvalue weighted by atomic mass is 10.4. The molecule has 1 rings (SSSR count). The molecule has 1 heterocycles. The third-order valence-corrected chi connectivity index (χ3v) is 3.71. The number of nitrogen functional groups attached to an aromatic ring is 1. The number of hydrogen-bond donors (Lipinski definition) is 1. The van der Waals surface area contributed by atoms with E-state index in [1.165, 1.54) is 0 Å². The fourth-order valence-electron chi connectivity index (χ4n) is 0.849. The molecule has 0 aliphatic carbocycles. The van der Waals surface area contributed by atoms with E-state index < -0.39 is 10.8 Å². The average molecular weight is 216 g/mol. The molecule has 0 amide bonds. The van der Waals surface area contributed by atoms with Gasteiger partial charge in [0.1, 0.15) is 5.03 Å². The number of rotatable bonds is 4. The van der Waals surface area contributed by atoms with E-state index in [0.29, 0.717) is 16.5 Å². The monoisotopic (exact) mass is 216 g/mol. The van der Waals surface area contributed by atoms with E-state index >= 15 is 0 Å². The Kier molecular flexibility index (Phi) is 4.24. The molecule has 2 N–H and O–H groups in total. The molecule has 1 atom stereocenters. The van der Waals surface area contributed by atoms with Crippen molar-refractivity contribution in [2.24, 2.45) is 0 Å². The van der Waals surface area contributed by atoms with Crippen molar-refractivity contribution in [2.75, 3.05) is 23.5 Å². The van der Waals surface area contributed by atoms with Gasteiger partial charge in [0.05, 0.1) is 16.5 Å². The highest BCUT2D eigenvalue weighted by Gasteiger charge is 2.07. The number of pyridine rings is 1. The molecule has 1 unspecified atom stereocenters. The van der Waals surface area contributed by atoms with Crippen LogP contribution in [0.2, 0.25) is 0 Å².